The standard InChI is InChI=1S/C22H31N4O11P.Mn/c1-13-21(32)17(15(11-27)5-23-13)7-25(9-19(28)29)3-4-26(10-20(30)31)8-18-16(12-37-38(34,35)36)6-24-14(2)22(18)33;/h5-6,27,32-33H,3-4,7-12H2,1-2H3,(H,28,29)(H,30,31)(H2,34,35,36);/q;+2. The molecule has 2 aromatic rings. The van der Waals surface area contributed by atoms with Gasteiger partial charge in [-0.15, -0.1) is 0 Å². The second-order valence-electron chi connectivity index (χ2n) is 8.52. The molecule has 0 aliphatic carbocycles. The van der Waals surface area contributed by atoms with Crippen LogP contribution >= 0.6 is 7.82 Å². The minimum Gasteiger partial charge on any atom is -0.506 e. The smallest absolute Gasteiger partial charge is 0.506 e. The minimum atomic E-state index is -4.84. The van der Waals surface area contributed by atoms with E-state index >= 15 is 0 Å². The van der Waals surface area contributed by atoms with Gasteiger partial charge in [-0.2, -0.15) is 0 Å². The fourth-order valence-corrected chi connectivity index (χ4v) is 3.98. The summed E-state index contributed by atoms with van der Waals surface area (Å²) < 4.78 is 15.7. The number of aromatic nitrogens is 2. The molecule has 15 nitrogen and oxygen atoms in total. The van der Waals surface area contributed by atoms with Crippen LogP contribution in [0.4, 0.5) is 0 Å². The van der Waals surface area contributed by atoms with E-state index in [1.54, 1.807) is 6.92 Å². The molecule has 2 aromatic heterocycles. The van der Waals surface area contributed by atoms with E-state index in [1.165, 1.54) is 29.1 Å². The average molecular weight is 613 g/mol. The summed E-state index contributed by atoms with van der Waals surface area (Å²) in [6, 6.07) is 0. The molecule has 2 rings (SSSR count). The van der Waals surface area contributed by atoms with Gasteiger partial charge in [-0.3, -0.25) is 33.9 Å². The van der Waals surface area contributed by atoms with Gasteiger partial charge in [-0.25, -0.2) is 4.57 Å². The molecule has 0 fully saturated rings. The summed E-state index contributed by atoms with van der Waals surface area (Å²) in [5.41, 5.74) is 1.33. The Kier molecular flexibility index (Phi) is 13.4. The van der Waals surface area contributed by atoms with Crippen LogP contribution < -0.4 is 0 Å². The van der Waals surface area contributed by atoms with Crippen molar-refractivity contribution in [1.29, 1.82) is 0 Å². The number of phosphoric ester groups is 1. The summed E-state index contributed by atoms with van der Waals surface area (Å²) in [5.74, 6) is -2.89. The largest absolute Gasteiger partial charge is 2.00 e. The van der Waals surface area contributed by atoms with E-state index in [2.05, 4.69) is 14.5 Å². The Balaban J connectivity index is 0.00000760. The molecule has 0 bridgehead atoms. The molecule has 0 amide bonds. The van der Waals surface area contributed by atoms with Gasteiger partial charge < -0.3 is 35.3 Å². The van der Waals surface area contributed by atoms with Crippen LogP contribution in [0.15, 0.2) is 12.4 Å². The predicted octanol–water partition coefficient (Wildman–Crippen LogP) is 0.0771. The van der Waals surface area contributed by atoms with Crippen molar-refractivity contribution in [3.8, 4) is 11.5 Å². The molecule has 39 heavy (non-hydrogen) atoms. The molecule has 0 atom stereocenters. The zero-order valence-electron chi connectivity index (χ0n) is 21.2. The van der Waals surface area contributed by atoms with Crippen LogP contribution in [-0.4, -0.2) is 93.2 Å². The third-order valence-electron chi connectivity index (χ3n) is 5.63. The van der Waals surface area contributed by atoms with Crippen LogP contribution in [0.25, 0.3) is 0 Å². The first kappa shape index (κ1) is 34.4. The second kappa shape index (κ2) is 15.2. The number of pyridine rings is 2. The summed E-state index contributed by atoms with van der Waals surface area (Å²) in [6.45, 7) is 0.735. The number of aliphatic carboxylic acids is 2. The van der Waals surface area contributed by atoms with E-state index in [-0.39, 0.29) is 82.8 Å². The van der Waals surface area contributed by atoms with E-state index in [9.17, 15) is 39.7 Å². The molecular weight excluding hydrogens is 582 g/mol. The van der Waals surface area contributed by atoms with Crippen molar-refractivity contribution in [3.63, 3.8) is 0 Å². The summed E-state index contributed by atoms with van der Waals surface area (Å²) in [5, 5.41) is 49.5. The molecule has 2 heterocycles. The normalized spacial score (nSPS) is 11.6. The van der Waals surface area contributed by atoms with Crippen molar-refractivity contribution in [1.82, 2.24) is 19.8 Å². The molecule has 7 N–H and O–H groups in total. The fraction of sp³-hybridized carbons (Fsp3) is 0.455. The molecule has 1 radical (unpaired) electrons. The van der Waals surface area contributed by atoms with Crippen molar-refractivity contribution in [2.45, 2.75) is 40.2 Å². The van der Waals surface area contributed by atoms with Gasteiger partial charge in [0, 0.05) is 60.8 Å². The predicted molar refractivity (Wildman–Crippen MR) is 130 cm³/mol. The van der Waals surface area contributed by atoms with E-state index in [4.69, 9.17) is 9.79 Å². The van der Waals surface area contributed by atoms with E-state index in [1.807, 2.05) is 0 Å². The van der Waals surface area contributed by atoms with Gasteiger partial charge in [0.2, 0.25) is 0 Å². The third-order valence-corrected chi connectivity index (χ3v) is 6.10. The van der Waals surface area contributed by atoms with Crippen LogP contribution in [0.5, 0.6) is 11.5 Å². The number of carbonyl (C=O) groups is 2. The van der Waals surface area contributed by atoms with Crippen LogP contribution in [0.2, 0.25) is 0 Å². The summed E-state index contributed by atoms with van der Waals surface area (Å²) in [6.07, 6.45) is 2.62. The number of aliphatic hydroxyl groups is 1. The number of phosphoric acid groups is 1. The molecule has 0 aromatic carbocycles. The fourth-order valence-electron chi connectivity index (χ4n) is 3.68. The molecule has 0 saturated heterocycles. The zero-order chi connectivity index (χ0) is 28.6. The first-order chi connectivity index (χ1) is 17.7. The van der Waals surface area contributed by atoms with Crippen LogP contribution in [-0.2, 0) is 62.0 Å². The van der Waals surface area contributed by atoms with Gasteiger partial charge in [0.25, 0.3) is 0 Å². The van der Waals surface area contributed by atoms with Gasteiger partial charge >= 0.3 is 36.8 Å². The maximum absolute atomic E-state index is 11.6. The number of aryl methyl sites for hydroxylation is 2. The number of hydrogen-bond donors (Lipinski definition) is 7. The molecule has 0 aliphatic rings. The number of hydrogen-bond acceptors (Lipinski definition) is 11. The van der Waals surface area contributed by atoms with Gasteiger partial charge in [0.05, 0.1) is 37.7 Å². The summed E-state index contributed by atoms with van der Waals surface area (Å²) in [4.78, 5) is 51.9. The molecule has 0 aliphatic heterocycles. The SMILES string of the molecule is Cc1ncc(CO)c(CN(CCN(CC(=O)O)Cc2c(COP(=O)(O)O)cnc(C)c2O)CC(=O)O)c1O.[Mn+2]. The quantitative estimate of drug-likeness (QED) is 0.104. The molecule has 0 saturated carbocycles. The maximum atomic E-state index is 11.6. The van der Waals surface area contributed by atoms with Crippen molar-refractivity contribution in [3.05, 3.63) is 46.0 Å². The Morgan fingerprint density at radius 2 is 1.28 bits per heavy atom. The minimum absolute atomic E-state index is 0. The average Bonchev–Trinajstić information content (AvgIpc) is 2.81. The van der Waals surface area contributed by atoms with Crippen LogP contribution in [0, 0.1) is 13.8 Å². The molecule has 215 valence electrons. The molecule has 0 unspecified atom stereocenters. The monoisotopic (exact) mass is 613 g/mol. The van der Waals surface area contributed by atoms with Gasteiger partial charge in [-0.05, 0) is 13.8 Å². The Bertz CT molecular complexity index is 1210. The third kappa shape index (κ3) is 10.8. The summed E-state index contributed by atoms with van der Waals surface area (Å²) >= 11 is 0. The van der Waals surface area contributed by atoms with Crippen molar-refractivity contribution >= 4 is 19.8 Å². The van der Waals surface area contributed by atoms with E-state index in [0.717, 1.165) is 0 Å². The van der Waals surface area contributed by atoms with E-state index in [0.29, 0.717) is 5.56 Å². The van der Waals surface area contributed by atoms with Crippen LogP contribution in [0.3, 0.4) is 0 Å². The van der Waals surface area contributed by atoms with E-state index < -0.39 is 46.1 Å². The van der Waals surface area contributed by atoms with Gasteiger partial charge in [0.1, 0.15) is 11.5 Å². The maximum Gasteiger partial charge on any atom is 2.00 e. The van der Waals surface area contributed by atoms with Gasteiger partial charge in [0.15, 0.2) is 0 Å². The van der Waals surface area contributed by atoms with Crippen molar-refractivity contribution in [2.75, 3.05) is 26.2 Å². The Hall–Kier alpha value is -2.65. The Morgan fingerprint density at radius 1 is 0.872 bits per heavy atom. The second-order valence-corrected chi connectivity index (χ2v) is 9.76. The Labute approximate surface area is 234 Å². The van der Waals surface area contributed by atoms with Gasteiger partial charge in [-0.1, -0.05) is 0 Å². The molecule has 17 heteroatoms. The first-order valence-corrected chi connectivity index (χ1v) is 12.8. The van der Waals surface area contributed by atoms with Crippen LogP contribution in [0.1, 0.15) is 33.6 Å². The Morgan fingerprint density at radius 3 is 1.67 bits per heavy atom. The number of carboxylic acid groups (broad SMARTS) is 2. The number of aliphatic hydroxyl groups excluding tert-OH is 1. The number of aromatic hydroxyl groups is 2. The molecular formula is C22H31MnN4O11P+2. The summed E-state index contributed by atoms with van der Waals surface area (Å²) in [7, 11) is -4.84. The van der Waals surface area contributed by atoms with Crippen molar-refractivity contribution < 1.29 is 71.1 Å². The van der Waals surface area contributed by atoms with Crippen molar-refractivity contribution in [2.24, 2.45) is 0 Å². The zero-order valence-corrected chi connectivity index (χ0v) is 23.3. The number of rotatable bonds is 15. The molecule has 0 spiro atoms. The number of carboxylic acids is 2. The number of nitrogens with zero attached hydrogens (tertiary/aromatic N) is 4. The topological polar surface area (TPSA) is 234 Å². The first-order valence-electron chi connectivity index (χ1n) is 11.2.